The number of ether oxygens (including phenoxy) is 1. The highest BCUT2D eigenvalue weighted by Crippen LogP contribution is 2.30. The van der Waals surface area contributed by atoms with Crippen molar-refractivity contribution in [2.24, 2.45) is 5.92 Å². The van der Waals surface area contributed by atoms with Crippen molar-refractivity contribution >= 4 is 17.2 Å². The van der Waals surface area contributed by atoms with Gasteiger partial charge in [0, 0.05) is 30.4 Å². The van der Waals surface area contributed by atoms with E-state index in [-0.39, 0.29) is 11.8 Å². The second-order valence-corrected chi connectivity index (χ2v) is 6.43. The molecule has 3 aromatic heterocycles. The molecule has 8 heteroatoms. The lowest BCUT2D eigenvalue weighted by Gasteiger charge is -2.11. The van der Waals surface area contributed by atoms with Crippen LogP contribution in [0.1, 0.15) is 12.5 Å². The number of hydrogen-bond acceptors (Lipinski definition) is 6. The van der Waals surface area contributed by atoms with Crippen LogP contribution < -0.4 is 15.4 Å². The molecule has 0 aliphatic rings. The van der Waals surface area contributed by atoms with Gasteiger partial charge in [-0.15, -0.1) is 6.58 Å². The van der Waals surface area contributed by atoms with Gasteiger partial charge in [0.05, 0.1) is 36.5 Å². The maximum Gasteiger partial charge on any atom is 0.226 e. The van der Waals surface area contributed by atoms with Gasteiger partial charge in [-0.1, -0.05) is 13.0 Å². The number of anilines is 1. The van der Waals surface area contributed by atoms with Crippen LogP contribution in [-0.4, -0.2) is 40.7 Å². The summed E-state index contributed by atoms with van der Waals surface area (Å²) in [5, 5.41) is 19.6. The predicted molar refractivity (Wildman–Crippen MR) is 111 cm³/mol. The second-order valence-electron chi connectivity index (χ2n) is 6.43. The molecular formula is C21H22N6O2. The van der Waals surface area contributed by atoms with E-state index < -0.39 is 0 Å². The zero-order valence-electron chi connectivity index (χ0n) is 16.3. The molecule has 0 fully saturated rings. The summed E-state index contributed by atoms with van der Waals surface area (Å²) < 4.78 is 6.97. The van der Waals surface area contributed by atoms with Crippen LogP contribution in [0.5, 0.6) is 5.75 Å². The van der Waals surface area contributed by atoms with Crippen LogP contribution in [0.25, 0.3) is 16.6 Å². The molecule has 3 rings (SSSR count). The second kappa shape index (κ2) is 8.89. The molecule has 1 unspecified atom stereocenters. The monoisotopic (exact) mass is 390 g/mol. The number of amides is 1. The van der Waals surface area contributed by atoms with Gasteiger partial charge >= 0.3 is 0 Å². The Labute approximate surface area is 168 Å². The van der Waals surface area contributed by atoms with Crippen LogP contribution in [0, 0.1) is 17.2 Å². The molecule has 1 atom stereocenters. The maximum absolute atomic E-state index is 11.7. The molecule has 0 aliphatic carbocycles. The molecule has 8 nitrogen and oxygen atoms in total. The lowest BCUT2D eigenvalue weighted by Crippen LogP contribution is -2.32. The lowest BCUT2D eigenvalue weighted by molar-refractivity contribution is -0.123. The maximum atomic E-state index is 11.7. The molecule has 29 heavy (non-hydrogen) atoms. The van der Waals surface area contributed by atoms with Crippen LogP contribution >= 0.6 is 0 Å². The minimum absolute atomic E-state index is 0.0544. The predicted octanol–water partition coefficient (Wildman–Crippen LogP) is 2.63. The molecule has 148 valence electrons. The van der Waals surface area contributed by atoms with Gasteiger partial charge in [-0.25, -0.2) is 9.50 Å². The van der Waals surface area contributed by atoms with E-state index in [0.717, 1.165) is 11.1 Å². The fourth-order valence-corrected chi connectivity index (χ4v) is 2.81. The number of carbonyl (C=O) groups excluding carboxylic acids is 1. The summed E-state index contributed by atoms with van der Waals surface area (Å²) in [6, 6.07) is 7.79. The standard InChI is InChI=1S/C21H22N6O2/c1-4-14(2)21(28)24-8-7-23-19-6-5-15(11-25-19)18-9-17(29-3)13-27-20(18)16(10-22)12-26-27/h4-6,9,11-14H,1,7-8H2,2-3H3,(H,23,25)(H,24,28). The summed E-state index contributed by atoms with van der Waals surface area (Å²) >= 11 is 0. The molecule has 0 radical (unpaired) electrons. The molecule has 1 amide bonds. The Morgan fingerprint density at radius 2 is 2.24 bits per heavy atom. The summed E-state index contributed by atoms with van der Waals surface area (Å²) in [5.41, 5.74) is 2.83. The molecule has 0 aromatic carbocycles. The minimum Gasteiger partial charge on any atom is -0.495 e. The molecule has 3 aromatic rings. The Hall–Kier alpha value is -3.86. The van der Waals surface area contributed by atoms with Crippen molar-refractivity contribution in [3.8, 4) is 22.9 Å². The highest BCUT2D eigenvalue weighted by Gasteiger charge is 2.13. The van der Waals surface area contributed by atoms with E-state index in [0.29, 0.717) is 35.7 Å². The van der Waals surface area contributed by atoms with E-state index in [2.05, 4.69) is 33.4 Å². The summed E-state index contributed by atoms with van der Waals surface area (Å²) in [5.74, 6) is 1.05. The highest BCUT2D eigenvalue weighted by atomic mass is 16.5. The number of pyridine rings is 2. The summed E-state index contributed by atoms with van der Waals surface area (Å²) in [7, 11) is 1.58. The topological polar surface area (TPSA) is 104 Å². The summed E-state index contributed by atoms with van der Waals surface area (Å²) in [6.45, 7) is 6.44. The molecule has 0 bridgehead atoms. The average Bonchev–Trinajstić information content (AvgIpc) is 3.18. The minimum atomic E-state index is -0.214. The van der Waals surface area contributed by atoms with Gasteiger partial charge in [0.15, 0.2) is 0 Å². The van der Waals surface area contributed by atoms with Gasteiger partial charge in [0.2, 0.25) is 5.91 Å². The number of aromatic nitrogens is 3. The number of hydrogen-bond donors (Lipinski definition) is 2. The largest absolute Gasteiger partial charge is 0.495 e. The third kappa shape index (κ3) is 4.35. The van der Waals surface area contributed by atoms with Crippen molar-refractivity contribution in [2.45, 2.75) is 6.92 Å². The van der Waals surface area contributed by atoms with E-state index in [1.807, 2.05) is 18.2 Å². The van der Waals surface area contributed by atoms with Crippen LogP contribution in [0.4, 0.5) is 5.82 Å². The Morgan fingerprint density at radius 1 is 1.41 bits per heavy atom. The van der Waals surface area contributed by atoms with E-state index in [1.165, 1.54) is 6.20 Å². The molecule has 3 heterocycles. The summed E-state index contributed by atoms with van der Waals surface area (Å²) in [4.78, 5) is 16.1. The van der Waals surface area contributed by atoms with Crippen molar-refractivity contribution in [3.05, 3.63) is 55.0 Å². The van der Waals surface area contributed by atoms with Gasteiger partial charge in [0.25, 0.3) is 0 Å². The Kier molecular flexibility index (Phi) is 6.09. The van der Waals surface area contributed by atoms with Gasteiger partial charge in [-0.2, -0.15) is 10.4 Å². The molecule has 0 spiro atoms. The van der Waals surface area contributed by atoms with Gasteiger partial charge in [-0.05, 0) is 18.2 Å². The van der Waals surface area contributed by atoms with E-state index in [1.54, 1.807) is 37.0 Å². The first-order valence-corrected chi connectivity index (χ1v) is 9.13. The first-order valence-electron chi connectivity index (χ1n) is 9.13. The molecular weight excluding hydrogens is 368 g/mol. The Morgan fingerprint density at radius 3 is 2.90 bits per heavy atom. The van der Waals surface area contributed by atoms with Crippen LogP contribution in [0.15, 0.2) is 49.4 Å². The van der Waals surface area contributed by atoms with Gasteiger partial charge < -0.3 is 15.4 Å². The molecule has 0 saturated heterocycles. The van der Waals surface area contributed by atoms with Crippen molar-refractivity contribution < 1.29 is 9.53 Å². The van der Waals surface area contributed by atoms with Crippen molar-refractivity contribution in [1.82, 2.24) is 19.9 Å². The number of nitrogens with one attached hydrogen (secondary N) is 2. The fourth-order valence-electron chi connectivity index (χ4n) is 2.81. The zero-order chi connectivity index (χ0) is 20.8. The first-order chi connectivity index (χ1) is 14.1. The van der Waals surface area contributed by atoms with Gasteiger partial charge in [0.1, 0.15) is 17.6 Å². The van der Waals surface area contributed by atoms with Crippen LogP contribution in [0.2, 0.25) is 0 Å². The smallest absolute Gasteiger partial charge is 0.226 e. The lowest BCUT2D eigenvalue weighted by atomic mass is 10.1. The van der Waals surface area contributed by atoms with Gasteiger partial charge in [-0.3, -0.25) is 4.79 Å². The van der Waals surface area contributed by atoms with Crippen LogP contribution in [0.3, 0.4) is 0 Å². The SMILES string of the molecule is C=CC(C)C(=O)NCCNc1ccc(-c2cc(OC)cn3ncc(C#N)c23)cn1. The number of rotatable bonds is 8. The summed E-state index contributed by atoms with van der Waals surface area (Å²) in [6.07, 6.45) is 6.59. The average molecular weight is 390 g/mol. The molecule has 0 aliphatic heterocycles. The quantitative estimate of drug-likeness (QED) is 0.453. The van der Waals surface area contributed by atoms with Crippen molar-refractivity contribution in [1.29, 1.82) is 5.26 Å². The Bertz CT molecular complexity index is 1070. The third-order valence-electron chi connectivity index (χ3n) is 4.51. The number of methoxy groups -OCH3 is 1. The fraction of sp³-hybridized carbons (Fsp3) is 0.238. The van der Waals surface area contributed by atoms with Crippen molar-refractivity contribution in [3.63, 3.8) is 0 Å². The number of carbonyl (C=O) groups is 1. The first kappa shape index (κ1) is 19.9. The number of nitriles is 1. The zero-order valence-corrected chi connectivity index (χ0v) is 16.3. The third-order valence-corrected chi connectivity index (χ3v) is 4.51. The number of fused-ring (bicyclic) bond motifs is 1. The highest BCUT2D eigenvalue weighted by molar-refractivity contribution is 5.85. The van der Waals surface area contributed by atoms with E-state index in [9.17, 15) is 10.1 Å². The van der Waals surface area contributed by atoms with E-state index in [4.69, 9.17) is 4.74 Å². The van der Waals surface area contributed by atoms with E-state index >= 15 is 0 Å². The van der Waals surface area contributed by atoms with Crippen LogP contribution in [-0.2, 0) is 4.79 Å². The normalized spacial score (nSPS) is 11.5. The number of nitrogens with zero attached hydrogens (tertiary/aromatic N) is 4. The Balaban J connectivity index is 1.74. The molecule has 0 saturated carbocycles. The van der Waals surface area contributed by atoms with Crippen molar-refractivity contribution in [2.75, 3.05) is 25.5 Å². The molecule has 2 N–H and O–H groups in total.